The lowest BCUT2D eigenvalue weighted by molar-refractivity contribution is -0.0582. The van der Waals surface area contributed by atoms with Crippen molar-refractivity contribution < 1.29 is 57.1 Å². The minimum atomic E-state index is -5.09. The van der Waals surface area contributed by atoms with Crippen LogP contribution in [0.3, 0.4) is 0 Å². The summed E-state index contributed by atoms with van der Waals surface area (Å²) in [5, 5.41) is 21.4. The van der Waals surface area contributed by atoms with E-state index >= 15 is 0 Å². The van der Waals surface area contributed by atoms with Crippen molar-refractivity contribution in [1.29, 1.82) is 0 Å². The zero-order chi connectivity index (χ0) is 31.3. The number of imidazole rings is 1. The molecule has 0 bridgehead atoms. The van der Waals surface area contributed by atoms with E-state index in [9.17, 15) is 33.8 Å². The Kier molecular flexibility index (Phi) is 8.57. The van der Waals surface area contributed by atoms with Crippen LogP contribution in [0.2, 0.25) is 0 Å². The third-order valence-electron chi connectivity index (χ3n) is 6.41. The van der Waals surface area contributed by atoms with Crippen LogP contribution in [0.4, 0.5) is 11.8 Å². The Bertz CT molecular complexity index is 1710. The molecule has 3 aromatic rings. The summed E-state index contributed by atoms with van der Waals surface area (Å²) in [5.74, 6) is -0.347. The molecule has 5 heterocycles. The highest BCUT2D eigenvalue weighted by atomic mass is 31.2. The number of hydrogen-bond acceptors (Lipinski definition) is 16. The third-order valence-corrected chi connectivity index (χ3v) is 7.88. The summed E-state index contributed by atoms with van der Waals surface area (Å²) in [6.07, 6.45) is -7.99. The van der Waals surface area contributed by atoms with E-state index in [1.54, 1.807) is 0 Å². The quantitative estimate of drug-likeness (QED) is 0.102. The van der Waals surface area contributed by atoms with Gasteiger partial charge in [0.25, 0.3) is 5.56 Å². The number of nitrogens with zero attached hydrogens (tertiary/aromatic N) is 5. The minimum absolute atomic E-state index is 0.0490. The highest BCUT2D eigenvalue weighted by Gasteiger charge is 2.50. The first-order valence-electron chi connectivity index (χ1n) is 12.2. The Hall–Kier alpha value is -3.11. The van der Waals surface area contributed by atoms with Crippen LogP contribution >= 0.6 is 15.6 Å². The van der Waals surface area contributed by atoms with Gasteiger partial charge in [-0.15, -0.1) is 0 Å². The van der Waals surface area contributed by atoms with E-state index in [2.05, 4.69) is 24.5 Å². The first kappa shape index (κ1) is 31.3. The van der Waals surface area contributed by atoms with Crippen molar-refractivity contribution in [1.82, 2.24) is 29.1 Å². The van der Waals surface area contributed by atoms with E-state index in [0.717, 1.165) is 15.5 Å². The number of nitrogens with one attached hydrogen (secondary N) is 1. The van der Waals surface area contributed by atoms with Crippen molar-refractivity contribution in [3.05, 3.63) is 39.4 Å². The van der Waals surface area contributed by atoms with Crippen molar-refractivity contribution in [2.75, 3.05) is 24.7 Å². The molecular formula is C19H26N8O14P2. The molecule has 236 valence electrons. The third kappa shape index (κ3) is 6.85. The standard InChI is InChI=1S/C19H26N8O14P2/c20-10-1-2-26(19(31)23-10)16-8(28)3-7(39-16)4-38-43(35,36)41-13-9(5-37-42(32,33)34)40-17(12(13)29)27-6-22-11-14(27)24-18(21)25-15(11)30/h1-2,6-9,12-13,16-17,28-29H,3-5H2,(H,35,36)(H2,20,23,31)(H2,32,33,34)(H3,21,24,25,30)/t7-,8+,9+,12+,13+,16+,17+/m0/s1. The van der Waals surface area contributed by atoms with Crippen molar-refractivity contribution in [2.45, 2.75) is 49.4 Å². The second-order valence-corrected chi connectivity index (χ2v) is 12.1. The molecular weight excluding hydrogens is 626 g/mol. The molecule has 8 atom stereocenters. The molecule has 3 aromatic heterocycles. The average molecular weight is 652 g/mol. The van der Waals surface area contributed by atoms with E-state index < -0.39 is 83.1 Å². The Morgan fingerprint density at radius 1 is 1.05 bits per heavy atom. The molecule has 22 nitrogen and oxygen atoms in total. The molecule has 43 heavy (non-hydrogen) atoms. The highest BCUT2D eigenvalue weighted by molar-refractivity contribution is 7.47. The van der Waals surface area contributed by atoms with Gasteiger partial charge in [0.05, 0.1) is 25.6 Å². The SMILES string of the molecule is Nc1ccn([C@@H]2O[C@H](COP(=O)(O)O[C@H]3[C@@H](O)[C@H](n4cnc5c(=O)[nH]c(N)nc54)O[C@@H]3COP(=O)(O)O)C[C@H]2O)c(=O)n1. The zero-order valence-corrected chi connectivity index (χ0v) is 23.4. The lowest BCUT2D eigenvalue weighted by Gasteiger charge is -2.24. The number of anilines is 2. The monoisotopic (exact) mass is 652 g/mol. The highest BCUT2D eigenvalue weighted by Crippen LogP contribution is 2.50. The van der Waals surface area contributed by atoms with Gasteiger partial charge in [0.2, 0.25) is 5.95 Å². The summed E-state index contributed by atoms with van der Waals surface area (Å²) in [7, 11) is -10.2. The average Bonchev–Trinajstić information content (AvgIpc) is 3.57. The van der Waals surface area contributed by atoms with Gasteiger partial charge in [-0.05, 0) is 6.07 Å². The number of aliphatic hydroxyl groups excluding tert-OH is 2. The summed E-state index contributed by atoms with van der Waals surface area (Å²) in [6.45, 7) is -1.55. The molecule has 0 aliphatic carbocycles. The largest absolute Gasteiger partial charge is 0.472 e. The van der Waals surface area contributed by atoms with Crippen molar-refractivity contribution in [3.63, 3.8) is 0 Å². The molecule has 24 heteroatoms. The van der Waals surface area contributed by atoms with Gasteiger partial charge in [0.1, 0.15) is 30.2 Å². The maximum atomic E-state index is 12.9. The van der Waals surface area contributed by atoms with E-state index in [1.165, 1.54) is 12.3 Å². The summed E-state index contributed by atoms with van der Waals surface area (Å²) < 4.78 is 52.0. The van der Waals surface area contributed by atoms with Crippen LogP contribution in [0.5, 0.6) is 0 Å². The van der Waals surface area contributed by atoms with E-state index in [-0.39, 0.29) is 29.4 Å². The predicted octanol–water partition coefficient (Wildman–Crippen LogP) is -2.94. The summed E-state index contributed by atoms with van der Waals surface area (Å²) >= 11 is 0. The van der Waals surface area contributed by atoms with Crippen LogP contribution in [0.25, 0.3) is 11.2 Å². The molecule has 2 fully saturated rings. The second-order valence-electron chi connectivity index (χ2n) is 9.45. The van der Waals surface area contributed by atoms with Gasteiger partial charge in [-0.2, -0.15) is 9.97 Å². The van der Waals surface area contributed by atoms with Crippen LogP contribution in [-0.2, 0) is 32.2 Å². The molecule has 0 spiro atoms. The maximum Gasteiger partial charge on any atom is 0.472 e. The maximum absolute atomic E-state index is 12.9. The Morgan fingerprint density at radius 3 is 2.49 bits per heavy atom. The Morgan fingerprint density at radius 2 is 1.79 bits per heavy atom. The summed E-state index contributed by atoms with van der Waals surface area (Å²) in [4.78, 5) is 66.6. The number of aromatic nitrogens is 6. The fourth-order valence-corrected chi connectivity index (χ4v) is 5.91. The van der Waals surface area contributed by atoms with Crippen LogP contribution in [0.15, 0.2) is 28.2 Å². The lowest BCUT2D eigenvalue weighted by Crippen LogP contribution is -2.36. The van der Waals surface area contributed by atoms with Gasteiger partial charge in [0.15, 0.2) is 23.6 Å². The van der Waals surface area contributed by atoms with Gasteiger partial charge < -0.3 is 45.8 Å². The number of fused-ring (bicyclic) bond motifs is 1. The van der Waals surface area contributed by atoms with Gasteiger partial charge in [-0.3, -0.25) is 32.5 Å². The number of phosphoric ester groups is 2. The number of nitrogens with two attached hydrogens (primary N) is 2. The number of ether oxygens (including phenoxy) is 2. The van der Waals surface area contributed by atoms with Crippen LogP contribution < -0.4 is 22.7 Å². The van der Waals surface area contributed by atoms with Gasteiger partial charge in [0, 0.05) is 12.6 Å². The number of nitrogen functional groups attached to an aromatic ring is 2. The topological polar surface area (TPSA) is 332 Å². The molecule has 2 aliphatic rings. The smallest absolute Gasteiger partial charge is 0.388 e. The number of hydrogen-bond donors (Lipinski definition) is 8. The number of aliphatic hydroxyl groups is 2. The van der Waals surface area contributed by atoms with Crippen LogP contribution in [0, 0.1) is 0 Å². The van der Waals surface area contributed by atoms with Crippen LogP contribution in [0.1, 0.15) is 18.9 Å². The fraction of sp³-hybridized carbons (Fsp3) is 0.526. The molecule has 2 aliphatic heterocycles. The Labute approximate surface area is 238 Å². The van der Waals surface area contributed by atoms with E-state index in [1.807, 2.05) is 0 Å². The molecule has 0 radical (unpaired) electrons. The van der Waals surface area contributed by atoms with E-state index in [0.29, 0.717) is 0 Å². The molecule has 0 amide bonds. The van der Waals surface area contributed by atoms with E-state index in [4.69, 9.17) is 39.8 Å². The lowest BCUT2D eigenvalue weighted by atomic mass is 10.1. The molecule has 2 saturated heterocycles. The Balaban J connectivity index is 1.30. The fourth-order valence-electron chi connectivity index (χ4n) is 4.58. The normalized spacial score (nSPS) is 29.3. The molecule has 0 aromatic carbocycles. The van der Waals surface area contributed by atoms with Crippen molar-refractivity contribution in [3.8, 4) is 0 Å². The zero-order valence-electron chi connectivity index (χ0n) is 21.6. The predicted molar refractivity (Wildman–Crippen MR) is 139 cm³/mol. The molecule has 10 N–H and O–H groups in total. The number of H-pyrrole nitrogens is 1. The van der Waals surface area contributed by atoms with Crippen molar-refractivity contribution >= 4 is 38.6 Å². The van der Waals surface area contributed by atoms with Crippen molar-refractivity contribution in [2.24, 2.45) is 0 Å². The molecule has 1 unspecified atom stereocenters. The molecule has 5 rings (SSSR count). The summed E-state index contributed by atoms with van der Waals surface area (Å²) in [5.41, 5.74) is 9.20. The second kappa shape index (κ2) is 11.8. The van der Waals surface area contributed by atoms with Gasteiger partial charge in [-0.25, -0.2) is 18.9 Å². The number of phosphoric acid groups is 2. The minimum Gasteiger partial charge on any atom is -0.388 e. The van der Waals surface area contributed by atoms with Gasteiger partial charge in [-0.1, -0.05) is 0 Å². The number of rotatable bonds is 10. The van der Waals surface area contributed by atoms with Crippen LogP contribution in [-0.4, -0.2) is 97.7 Å². The first-order chi connectivity index (χ1) is 20.1. The first-order valence-corrected chi connectivity index (χ1v) is 15.2. The number of aromatic amines is 1. The molecule has 0 saturated carbocycles. The van der Waals surface area contributed by atoms with Gasteiger partial charge >= 0.3 is 21.3 Å². The summed E-state index contributed by atoms with van der Waals surface area (Å²) in [6, 6.07) is 1.31.